The number of fused-ring (bicyclic) bond motifs is 1. The molecule has 0 spiro atoms. The first-order chi connectivity index (χ1) is 11.4. The van der Waals surface area contributed by atoms with E-state index in [0.717, 1.165) is 11.3 Å². The molecular weight excluding hydrogens is 355 g/mol. The fourth-order valence-corrected chi connectivity index (χ4v) is 3.39. The third kappa shape index (κ3) is 3.37. The summed E-state index contributed by atoms with van der Waals surface area (Å²) in [5.41, 5.74) is 0.660. The topological polar surface area (TPSA) is 71.7 Å². The average Bonchev–Trinajstić information content (AvgIpc) is 2.84. The van der Waals surface area contributed by atoms with E-state index in [1.165, 1.54) is 28.8 Å². The number of halogens is 2. The molecule has 0 bridgehead atoms. The van der Waals surface area contributed by atoms with Gasteiger partial charge in [-0.05, 0) is 36.4 Å². The van der Waals surface area contributed by atoms with Crippen LogP contribution in [0.1, 0.15) is 10.4 Å². The highest BCUT2D eigenvalue weighted by Gasteiger charge is 2.12. The van der Waals surface area contributed by atoms with Crippen molar-refractivity contribution in [3.05, 3.63) is 63.7 Å². The molecule has 0 atom stereocenters. The van der Waals surface area contributed by atoms with E-state index in [9.17, 15) is 14.0 Å². The third-order valence-corrected chi connectivity index (χ3v) is 4.50. The summed E-state index contributed by atoms with van der Waals surface area (Å²) in [4.78, 5) is 27.6. The SMILES string of the molecule is O=C(O)Cn1c(=NC(=O)c2cccc(Cl)c2)sc2ccc(F)cc21. The maximum Gasteiger partial charge on any atom is 0.323 e. The smallest absolute Gasteiger partial charge is 0.323 e. The molecule has 1 N–H and O–H groups in total. The van der Waals surface area contributed by atoms with Gasteiger partial charge in [0.25, 0.3) is 5.91 Å². The largest absolute Gasteiger partial charge is 0.480 e. The van der Waals surface area contributed by atoms with E-state index in [1.807, 2.05) is 0 Å². The summed E-state index contributed by atoms with van der Waals surface area (Å²) < 4.78 is 15.4. The molecule has 3 rings (SSSR count). The van der Waals surface area contributed by atoms with Crippen LogP contribution in [0.2, 0.25) is 5.02 Å². The molecule has 0 aliphatic rings. The maximum atomic E-state index is 13.5. The van der Waals surface area contributed by atoms with Crippen molar-refractivity contribution < 1.29 is 19.1 Å². The molecule has 2 aromatic carbocycles. The standard InChI is InChI=1S/C16H10ClFN2O3S/c17-10-3-1-2-9(6-10)15(23)19-16-20(8-14(21)22)12-7-11(18)4-5-13(12)24-16/h1-7H,8H2,(H,21,22). The van der Waals surface area contributed by atoms with Gasteiger partial charge in [-0.3, -0.25) is 9.59 Å². The molecule has 0 radical (unpaired) electrons. The van der Waals surface area contributed by atoms with Gasteiger partial charge in [-0.25, -0.2) is 4.39 Å². The number of carboxylic acid groups (broad SMARTS) is 1. The lowest BCUT2D eigenvalue weighted by Gasteiger charge is -2.01. The van der Waals surface area contributed by atoms with Gasteiger partial charge in [0.2, 0.25) is 0 Å². The zero-order valence-electron chi connectivity index (χ0n) is 12.1. The summed E-state index contributed by atoms with van der Waals surface area (Å²) in [5, 5.41) is 9.47. The number of hydrogen-bond donors (Lipinski definition) is 1. The number of carbonyl (C=O) groups is 2. The summed E-state index contributed by atoms with van der Waals surface area (Å²) in [6.07, 6.45) is 0. The second-order valence-electron chi connectivity index (χ2n) is 4.90. The molecule has 5 nitrogen and oxygen atoms in total. The van der Waals surface area contributed by atoms with Crippen LogP contribution in [0, 0.1) is 5.82 Å². The molecule has 3 aromatic rings. The number of carboxylic acids is 1. The maximum absolute atomic E-state index is 13.5. The molecule has 1 amide bonds. The molecule has 1 heterocycles. The lowest BCUT2D eigenvalue weighted by atomic mass is 10.2. The highest BCUT2D eigenvalue weighted by Crippen LogP contribution is 2.19. The molecule has 24 heavy (non-hydrogen) atoms. The summed E-state index contributed by atoms with van der Waals surface area (Å²) >= 11 is 6.97. The van der Waals surface area contributed by atoms with Crippen molar-refractivity contribution in [1.29, 1.82) is 0 Å². The van der Waals surface area contributed by atoms with Crippen LogP contribution >= 0.6 is 22.9 Å². The molecule has 122 valence electrons. The normalized spacial score (nSPS) is 11.8. The van der Waals surface area contributed by atoms with Crippen molar-refractivity contribution in [3.63, 3.8) is 0 Å². The first-order valence-electron chi connectivity index (χ1n) is 6.79. The van der Waals surface area contributed by atoms with Gasteiger partial charge in [-0.2, -0.15) is 4.99 Å². The van der Waals surface area contributed by atoms with Crippen LogP contribution < -0.4 is 4.80 Å². The number of aliphatic carboxylic acids is 1. The Morgan fingerprint density at radius 1 is 1.25 bits per heavy atom. The monoisotopic (exact) mass is 364 g/mol. The first-order valence-corrected chi connectivity index (χ1v) is 7.99. The molecule has 8 heteroatoms. The second kappa shape index (κ2) is 6.54. The molecular formula is C16H10ClFN2O3S. The Bertz CT molecular complexity index is 1030. The van der Waals surface area contributed by atoms with Crippen LogP contribution in [-0.4, -0.2) is 21.6 Å². The molecule has 0 aliphatic heterocycles. The van der Waals surface area contributed by atoms with Crippen LogP contribution in [0.15, 0.2) is 47.5 Å². The van der Waals surface area contributed by atoms with E-state index in [4.69, 9.17) is 16.7 Å². The Kier molecular flexibility index (Phi) is 4.46. The van der Waals surface area contributed by atoms with Crippen molar-refractivity contribution in [2.45, 2.75) is 6.54 Å². The van der Waals surface area contributed by atoms with Crippen molar-refractivity contribution >= 4 is 45.0 Å². The molecule has 0 unspecified atom stereocenters. The molecule has 0 aliphatic carbocycles. The van der Waals surface area contributed by atoms with Crippen molar-refractivity contribution in [2.24, 2.45) is 4.99 Å². The lowest BCUT2D eigenvalue weighted by Crippen LogP contribution is -2.21. The Morgan fingerprint density at radius 3 is 2.75 bits per heavy atom. The highest BCUT2D eigenvalue weighted by atomic mass is 35.5. The quantitative estimate of drug-likeness (QED) is 0.775. The zero-order valence-corrected chi connectivity index (χ0v) is 13.6. The lowest BCUT2D eigenvalue weighted by molar-refractivity contribution is -0.137. The van der Waals surface area contributed by atoms with Gasteiger partial charge in [0.15, 0.2) is 4.80 Å². The second-order valence-corrected chi connectivity index (χ2v) is 6.35. The van der Waals surface area contributed by atoms with E-state index in [1.54, 1.807) is 18.2 Å². The average molecular weight is 365 g/mol. The number of nitrogens with zero attached hydrogens (tertiary/aromatic N) is 2. The predicted octanol–water partition coefficient (Wildman–Crippen LogP) is 3.32. The minimum absolute atomic E-state index is 0.183. The van der Waals surface area contributed by atoms with Crippen LogP contribution in [0.3, 0.4) is 0 Å². The number of hydrogen-bond acceptors (Lipinski definition) is 3. The Hall–Kier alpha value is -2.51. The van der Waals surface area contributed by atoms with E-state index in [0.29, 0.717) is 15.2 Å². The summed E-state index contributed by atoms with van der Waals surface area (Å²) in [7, 11) is 0. The van der Waals surface area contributed by atoms with E-state index >= 15 is 0 Å². The van der Waals surface area contributed by atoms with Gasteiger partial charge in [-0.15, -0.1) is 0 Å². The number of aromatic nitrogens is 1. The molecule has 1 aromatic heterocycles. The van der Waals surface area contributed by atoms with Crippen molar-refractivity contribution in [1.82, 2.24) is 4.57 Å². The van der Waals surface area contributed by atoms with Crippen molar-refractivity contribution in [2.75, 3.05) is 0 Å². The first kappa shape index (κ1) is 16.4. The van der Waals surface area contributed by atoms with Gasteiger partial charge in [0, 0.05) is 10.6 Å². The van der Waals surface area contributed by atoms with Gasteiger partial charge in [0.1, 0.15) is 12.4 Å². The van der Waals surface area contributed by atoms with Crippen LogP contribution in [0.4, 0.5) is 4.39 Å². The Morgan fingerprint density at radius 2 is 2.04 bits per heavy atom. The zero-order chi connectivity index (χ0) is 17.3. The van der Waals surface area contributed by atoms with Crippen molar-refractivity contribution in [3.8, 4) is 0 Å². The minimum Gasteiger partial charge on any atom is -0.480 e. The number of carbonyl (C=O) groups excluding carboxylic acids is 1. The Labute approximate surface area is 144 Å². The number of rotatable bonds is 3. The van der Waals surface area contributed by atoms with Crippen LogP contribution in [-0.2, 0) is 11.3 Å². The molecule has 0 saturated heterocycles. The van der Waals surface area contributed by atoms with Gasteiger partial charge < -0.3 is 9.67 Å². The minimum atomic E-state index is -1.12. The van der Waals surface area contributed by atoms with Gasteiger partial charge in [-0.1, -0.05) is 29.0 Å². The van der Waals surface area contributed by atoms with E-state index in [-0.39, 0.29) is 10.4 Å². The summed E-state index contributed by atoms with van der Waals surface area (Å²) in [6, 6.07) is 10.3. The Balaban J connectivity index is 2.17. The number of thiazole rings is 1. The van der Waals surface area contributed by atoms with E-state index < -0.39 is 24.2 Å². The summed E-state index contributed by atoms with van der Waals surface area (Å²) in [6.45, 7) is -0.425. The number of amides is 1. The fourth-order valence-electron chi connectivity index (χ4n) is 2.19. The molecule has 0 fully saturated rings. The fraction of sp³-hybridized carbons (Fsp3) is 0.0625. The molecule has 0 saturated carbocycles. The predicted molar refractivity (Wildman–Crippen MR) is 88.8 cm³/mol. The van der Waals surface area contributed by atoms with Gasteiger partial charge >= 0.3 is 5.97 Å². The van der Waals surface area contributed by atoms with Crippen LogP contribution in [0.5, 0.6) is 0 Å². The van der Waals surface area contributed by atoms with Gasteiger partial charge in [0.05, 0.1) is 10.2 Å². The van der Waals surface area contributed by atoms with E-state index in [2.05, 4.69) is 4.99 Å². The summed E-state index contributed by atoms with van der Waals surface area (Å²) in [5.74, 6) is -2.16. The highest BCUT2D eigenvalue weighted by molar-refractivity contribution is 7.16. The van der Waals surface area contributed by atoms with Crippen LogP contribution in [0.25, 0.3) is 10.2 Å². The number of benzene rings is 2. The third-order valence-electron chi connectivity index (χ3n) is 3.21.